The van der Waals surface area contributed by atoms with Crippen LogP contribution in [0.5, 0.6) is 5.75 Å². The van der Waals surface area contributed by atoms with Crippen molar-refractivity contribution in [3.8, 4) is 5.75 Å². The minimum Gasteiger partial charge on any atom is -0.507 e. The molecule has 32 heavy (non-hydrogen) atoms. The summed E-state index contributed by atoms with van der Waals surface area (Å²) in [5.41, 5.74) is 2.66. The molecule has 4 rings (SSSR count). The molecule has 0 saturated carbocycles. The van der Waals surface area contributed by atoms with Gasteiger partial charge in [-0.3, -0.25) is 14.6 Å². The molecule has 1 fully saturated rings. The number of Topliss-reactive ketones (excluding diaryl/α,β-unsaturated/α-hetero) is 1. The zero-order valence-electron chi connectivity index (χ0n) is 17.6. The average molecular weight is 449 g/mol. The van der Waals surface area contributed by atoms with Gasteiger partial charge in [-0.15, -0.1) is 0 Å². The van der Waals surface area contributed by atoms with Crippen molar-refractivity contribution in [2.75, 3.05) is 7.11 Å². The molecule has 3 aromatic rings. The standard InChI is InChI=1S/C25H21ClN2O4/c1-15-12-19(32-2)9-10-20(15)23(29)21-22(17-5-7-18(26)8-6-17)28(25(31)24(21)30)14-16-4-3-11-27-13-16/h3-13,22,29H,14H2,1-2H3/b23-21+. The van der Waals surface area contributed by atoms with Gasteiger partial charge in [0, 0.05) is 29.5 Å². The van der Waals surface area contributed by atoms with Crippen LogP contribution in [0.1, 0.15) is 28.3 Å². The van der Waals surface area contributed by atoms with Gasteiger partial charge in [-0.05, 0) is 60.0 Å². The zero-order chi connectivity index (χ0) is 22.8. The first-order valence-electron chi connectivity index (χ1n) is 9.98. The van der Waals surface area contributed by atoms with E-state index in [9.17, 15) is 14.7 Å². The van der Waals surface area contributed by atoms with E-state index in [0.29, 0.717) is 21.9 Å². The van der Waals surface area contributed by atoms with Gasteiger partial charge in [0.25, 0.3) is 11.7 Å². The van der Waals surface area contributed by atoms with Crippen molar-refractivity contribution in [2.24, 2.45) is 0 Å². The highest BCUT2D eigenvalue weighted by Crippen LogP contribution is 2.41. The zero-order valence-corrected chi connectivity index (χ0v) is 18.3. The molecule has 2 aromatic carbocycles. The number of amides is 1. The number of pyridine rings is 1. The normalized spacial score (nSPS) is 17.6. The molecule has 1 N–H and O–H groups in total. The number of methoxy groups -OCH3 is 1. The minimum atomic E-state index is -0.769. The number of ether oxygens (including phenoxy) is 1. The van der Waals surface area contributed by atoms with E-state index in [-0.39, 0.29) is 17.9 Å². The van der Waals surface area contributed by atoms with Crippen LogP contribution in [0, 0.1) is 6.92 Å². The van der Waals surface area contributed by atoms with Gasteiger partial charge < -0.3 is 14.7 Å². The summed E-state index contributed by atoms with van der Waals surface area (Å²) in [7, 11) is 1.55. The van der Waals surface area contributed by atoms with E-state index in [1.807, 2.05) is 6.07 Å². The lowest BCUT2D eigenvalue weighted by molar-refractivity contribution is -0.140. The van der Waals surface area contributed by atoms with E-state index in [1.165, 1.54) is 4.90 Å². The van der Waals surface area contributed by atoms with Crippen molar-refractivity contribution in [1.29, 1.82) is 0 Å². The van der Waals surface area contributed by atoms with Gasteiger partial charge in [-0.1, -0.05) is 29.8 Å². The van der Waals surface area contributed by atoms with E-state index in [1.54, 1.807) is 75.0 Å². The SMILES string of the molecule is COc1ccc(/C(O)=C2\C(=O)C(=O)N(Cc3cccnc3)C2c2ccc(Cl)cc2)c(C)c1. The van der Waals surface area contributed by atoms with Crippen LogP contribution < -0.4 is 4.74 Å². The van der Waals surface area contributed by atoms with Crippen LogP contribution in [0.2, 0.25) is 5.02 Å². The Morgan fingerprint density at radius 1 is 1.16 bits per heavy atom. The number of hydrogen-bond donors (Lipinski definition) is 1. The Hall–Kier alpha value is -3.64. The van der Waals surface area contributed by atoms with Crippen LogP contribution in [0.4, 0.5) is 0 Å². The number of aliphatic hydroxyl groups excluding tert-OH is 1. The summed E-state index contributed by atoms with van der Waals surface area (Å²) in [6.07, 6.45) is 3.28. The summed E-state index contributed by atoms with van der Waals surface area (Å²) in [6.45, 7) is 1.98. The van der Waals surface area contributed by atoms with Crippen molar-refractivity contribution in [2.45, 2.75) is 19.5 Å². The molecule has 1 saturated heterocycles. The fraction of sp³-hybridized carbons (Fsp3) is 0.160. The molecule has 1 aliphatic heterocycles. The quantitative estimate of drug-likeness (QED) is 0.348. The van der Waals surface area contributed by atoms with Crippen LogP contribution in [0.15, 0.2) is 72.6 Å². The number of benzene rings is 2. The van der Waals surface area contributed by atoms with Gasteiger partial charge >= 0.3 is 0 Å². The van der Waals surface area contributed by atoms with Crippen molar-refractivity contribution in [3.63, 3.8) is 0 Å². The molecule has 1 atom stereocenters. The molecule has 0 spiro atoms. The van der Waals surface area contributed by atoms with Crippen LogP contribution in [0.25, 0.3) is 5.76 Å². The largest absolute Gasteiger partial charge is 0.507 e. The van der Waals surface area contributed by atoms with Crippen molar-refractivity contribution < 1.29 is 19.4 Å². The second kappa shape index (κ2) is 8.85. The van der Waals surface area contributed by atoms with Crippen molar-refractivity contribution in [3.05, 3.63) is 99.8 Å². The summed E-state index contributed by atoms with van der Waals surface area (Å²) >= 11 is 6.06. The number of aryl methyl sites for hydroxylation is 1. The lowest BCUT2D eigenvalue weighted by Crippen LogP contribution is -2.29. The van der Waals surface area contributed by atoms with Crippen molar-refractivity contribution >= 4 is 29.1 Å². The van der Waals surface area contributed by atoms with E-state index in [0.717, 1.165) is 11.1 Å². The lowest BCUT2D eigenvalue weighted by atomic mass is 9.94. The van der Waals surface area contributed by atoms with Crippen molar-refractivity contribution in [1.82, 2.24) is 9.88 Å². The third-order valence-corrected chi connectivity index (χ3v) is 5.74. The van der Waals surface area contributed by atoms with Gasteiger partial charge in [0.2, 0.25) is 0 Å². The molecule has 7 heteroatoms. The monoisotopic (exact) mass is 448 g/mol. The van der Waals surface area contributed by atoms with Crippen LogP contribution in [0.3, 0.4) is 0 Å². The number of carbonyl (C=O) groups is 2. The fourth-order valence-corrected chi connectivity index (χ4v) is 4.02. The number of carbonyl (C=O) groups excluding carboxylic acids is 2. The maximum atomic E-state index is 13.1. The number of rotatable bonds is 5. The second-order valence-corrected chi connectivity index (χ2v) is 7.96. The molecule has 2 heterocycles. The predicted molar refractivity (Wildman–Crippen MR) is 121 cm³/mol. The molecule has 1 aliphatic rings. The third kappa shape index (κ3) is 3.97. The van der Waals surface area contributed by atoms with Crippen LogP contribution in [-0.4, -0.2) is 33.8 Å². The number of aliphatic hydroxyl groups is 1. The fourth-order valence-electron chi connectivity index (χ4n) is 3.90. The first-order chi connectivity index (χ1) is 15.4. The van der Waals surface area contributed by atoms with Gasteiger partial charge in [-0.25, -0.2) is 0 Å². The Morgan fingerprint density at radius 3 is 2.53 bits per heavy atom. The van der Waals surface area contributed by atoms with E-state index < -0.39 is 17.7 Å². The molecular formula is C25H21ClN2O4. The lowest BCUT2D eigenvalue weighted by Gasteiger charge is -2.25. The molecule has 0 bridgehead atoms. The Morgan fingerprint density at radius 2 is 1.91 bits per heavy atom. The summed E-state index contributed by atoms with van der Waals surface area (Å²) in [5, 5.41) is 11.8. The van der Waals surface area contributed by atoms with Gasteiger partial charge in [0.05, 0.1) is 18.7 Å². The van der Waals surface area contributed by atoms with E-state index >= 15 is 0 Å². The summed E-state index contributed by atoms with van der Waals surface area (Å²) in [6, 6.07) is 14.9. The molecule has 0 aliphatic carbocycles. The Kier molecular flexibility index (Phi) is 5.97. The van der Waals surface area contributed by atoms with Gasteiger partial charge in [0.15, 0.2) is 0 Å². The van der Waals surface area contributed by atoms with Gasteiger partial charge in [-0.2, -0.15) is 0 Å². The van der Waals surface area contributed by atoms with Crippen LogP contribution in [-0.2, 0) is 16.1 Å². The highest BCUT2D eigenvalue weighted by molar-refractivity contribution is 6.46. The molecule has 1 unspecified atom stereocenters. The number of aromatic nitrogens is 1. The molecular weight excluding hydrogens is 428 g/mol. The maximum Gasteiger partial charge on any atom is 0.295 e. The molecule has 1 amide bonds. The topological polar surface area (TPSA) is 79.7 Å². The molecule has 1 aromatic heterocycles. The number of likely N-dealkylation sites (tertiary alicyclic amines) is 1. The van der Waals surface area contributed by atoms with Gasteiger partial charge in [0.1, 0.15) is 11.5 Å². The Balaban J connectivity index is 1.87. The van der Waals surface area contributed by atoms with Crippen LogP contribution >= 0.6 is 11.6 Å². The van der Waals surface area contributed by atoms with E-state index in [2.05, 4.69) is 4.98 Å². The molecule has 6 nitrogen and oxygen atoms in total. The minimum absolute atomic E-state index is 0.0366. The summed E-state index contributed by atoms with van der Waals surface area (Å²) in [4.78, 5) is 31.7. The summed E-state index contributed by atoms with van der Waals surface area (Å²) in [5.74, 6) is -1.01. The Bertz CT molecular complexity index is 1210. The second-order valence-electron chi connectivity index (χ2n) is 7.52. The smallest absolute Gasteiger partial charge is 0.295 e. The highest BCUT2D eigenvalue weighted by atomic mass is 35.5. The first kappa shape index (κ1) is 21.6. The predicted octanol–water partition coefficient (Wildman–Crippen LogP) is 4.67. The summed E-state index contributed by atoms with van der Waals surface area (Å²) < 4.78 is 5.23. The Labute approximate surface area is 190 Å². The number of nitrogens with zero attached hydrogens (tertiary/aromatic N) is 2. The number of ketones is 1. The first-order valence-corrected chi connectivity index (χ1v) is 10.4. The maximum absolute atomic E-state index is 13.1. The molecule has 162 valence electrons. The van der Waals surface area contributed by atoms with E-state index in [4.69, 9.17) is 16.3 Å². The molecule has 0 radical (unpaired) electrons. The third-order valence-electron chi connectivity index (χ3n) is 5.49. The average Bonchev–Trinajstić information content (AvgIpc) is 3.04. The number of hydrogen-bond acceptors (Lipinski definition) is 5. The highest BCUT2D eigenvalue weighted by Gasteiger charge is 2.46. The number of halogens is 1.